The first-order valence-electron chi connectivity index (χ1n) is 7.74. The van der Waals surface area contributed by atoms with E-state index in [1.165, 1.54) is 0 Å². The highest BCUT2D eigenvalue weighted by Gasteiger charge is 2.36. The van der Waals surface area contributed by atoms with Gasteiger partial charge in [-0.25, -0.2) is 4.79 Å². The first-order valence-corrected chi connectivity index (χ1v) is 7.74. The van der Waals surface area contributed by atoms with Crippen molar-refractivity contribution in [1.82, 2.24) is 0 Å². The third-order valence-corrected chi connectivity index (χ3v) is 4.59. The number of hydrogen-bond acceptors (Lipinski definition) is 3. The van der Waals surface area contributed by atoms with Gasteiger partial charge in [-0.2, -0.15) is 0 Å². The fourth-order valence-electron chi connectivity index (χ4n) is 3.00. The van der Waals surface area contributed by atoms with Crippen LogP contribution in [0.2, 0.25) is 0 Å². The maximum absolute atomic E-state index is 12.1. The summed E-state index contributed by atoms with van der Waals surface area (Å²) in [6.45, 7) is 6.41. The first-order chi connectivity index (χ1) is 9.91. The van der Waals surface area contributed by atoms with E-state index in [4.69, 9.17) is 4.74 Å². The number of carbonyl (C=O) groups is 2. The minimum atomic E-state index is -0.730. The molecule has 0 unspecified atom stereocenters. The molecule has 1 aromatic rings. The maximum atomic E-state index is 12.1. The van der Waals surface area contributed by atoms with Gasteiger partial charge in [0.1, 0.15) is 5.60 Å². The summed E-state index contributed by atoms with van der Waals surface area (Å²) in [4.78, 5) is 24.1. The van der Waals surface area contributed by atoms with Gasteiger partial charge in [-0.1, -0.05) is 44.2 Å². The molecule has 114 valence electrons. The summed E-state index contributed by atoms with van der Waals surface area (Å²) < 4.78 is 5.53. The average Bonchev–Trinajstić information content (AvgIpc) is 2.47. The Kier molecular flexibility index (Phi) is 4.81. The standard InChI is InChI=1S/C18H24O3/c1-13(2)14-9-11-18(3,12-10-14)21-17(20)16(19)15-7-5-4-6-8-15/h4-8,13-14H,9-12H2,1-3H3. The molecule has 1 aliphatic rings. The highest BCUT2D eigenvalue weighted by Crippen LogP contribution is 2.37. The molecule has 0 heterocycles. The van der Waals surface area contributed by atoms with Crippen LogP contribution in [-0.2, 0) is 9.53 Å². The van der Waals surface area contributed by atoms with Gasteiger partial charge in [0.15, 0.2) is 0 Å². The highest BCUT2D eigenvalue weighted by atomic mass is 16.6. The lowest BCUT2D eigenvalue weighted by atomic mass is 9.75. The zero-order chi connectivity index (χ0) is 15.5. The first kappa shape index (κ1) is 15.7. The SMILES string of the molecule is CC(C)C1CCC(C)(OC(=O)C(=O)c2ccccc2)CC1. The Labute approximate surface area is 126 Å². The van der Waals surface area contributed by atoms with Crippen molar-refractivity contribution in [3.8, 4) is 0 Å². The van der Waals surface area contributed by atoms with Gasteiger partial charge in [-0.05, 0) is 44.4 Å². The van der Waals surface area contributed by atoms with Crippen LogP contribution in [0.25, 0.3) is 0 Å². The van der Waals surface area contributed by atoms with Gasteiger partial charge in [0, 0.05) is 5.56 Å². The molecule has 1 aliphatic carbocycles. The van der Waals surface area contributed by atoms with Gasteiger partial charge in [0.05, 0.1) is 0 Å². The van der Waals surface area contributed by atoms with Gasteiger partial charge in [-0.15, -0.1) is 0 Å². The van der Waals surface area contributed by atoms with Crippen LogP contribution in [0.15, 0.2) is 30.3 Å². The molecule has 1 fully saturated rings. The molecule has 0 atom stereocenters. The molecule has 0 spiro atoms. The molecule has 3 nitrogen and oxygen atoms in total. The van der Waals surface area contributed by atoms with Crippen molar-refractivity contribution in [1.29, 1.82) is 0 Å². The third-order valence-electron chi connectivity index (χ3n) is 4.59. The minimum Gasteiger partial charge on any atom is -0.453 e. The van der Waals surface area contributed by atoms with Gasteiger partial charge in [0.25, 0.3) is 5.78 Å². The van der Waals surface area contributed by atoms with Crippen LogP contribution in [0.3, 0.4) is 0 Å². The number of Topliss-reactive ketones (excluding diaryl/α,β-unsaturated/α-hetero) is 1. The van der Waals surface area contributed by atoms with Gasteiger partial charge in [0.2, 0.25) is 0 Å². The van der Waals surface area contributed by atoms with Crippen LogP contribution >= 0.6 is 0 Å². The van der Waals surface area contributed by atoms with Gasteiger partial charge in [-0.3, -0.25) is 4.79 Å². The van der Waals surface area contributed by atoms with Crippen LogP contribution in [0.1, 0.15) is 56.8 Å². The van der Waals surface area contributed by atoms with E-state index in [-0.39, 0.29) is 0 Å². The fourth-order valence-corrected chi connectivity index (χ4v) is 3.00. The number of rotatable bonds is 4. The van der Waals surface area contributed by atoms with E-state index < -0.39 is 17.4 Å². The van der Waals surface area contributed by atoms with Crippen molar-refractivity contribution in [2.45, 2.75) is 52.1 Å². The second-order valence-corrected chi connectivity index (χ2v) is 6.62. The van der Waals surface area contributed by atoms with Crippen LogP contribution in [-0.4, -0.2) is 17.4 Å². The van der Waals surface area contributed by atoms with E-state index in [0.717, 1.165) is 25.7 Å². The molecule has 0 aliphatic heterocycles. The van der Waals surface area contributed by atoms with E-state index in [0.29, 0.717) is 17.4 Å². The third kappa shape index (κ3) is 3.93. The molecule has 0 saturated heterocycles. The van der Waals surface area contributed by atoms with E-state index >= 15 is 0 Å². The number of carbonyl (C=O) groups excluding carboxylic acids is 2. The predicted octanol–water partition coefficient (Wildman–Crippen LogP) is 4.02. The summed E-state index contributed by atoms with van der Waals surface area (Å²) in [6.07, 6.45) is 3.79. The highest BCUT2D eigenvalue weighted by molar-refractivity contribution is 6.40. The quantitative estimate of drug-likeness (QED) is 0.477. The molecule has 21 heavy (non-hydrogen) atoms. The predicted molar refractivity (Wildman–Crippen MR) is 82.1 cm³/mol. The molecule has 0 amide bonds. The van der Waals surface area contributed by atoms with E-state index in [2.05, 4.69) is 13.8 Å². The number of esters is 1. The summed E-state index contributed by atoms with van der Waals surface area (Å²) in [5, 5.41) is 0. The smallest absolute Gasteiger partial charge is 0.380 e. The second-order valence-electron chi connectivity index (χ2n) is 6.62. The van der Waals surface area contributed by atoms with Crippen LogP contribution in [0.4, 0.5) is 0 Å². The lowest BCUT2D eigenvalue weighted by Gasteiger charge is -2.38. The molecule has 0 bridgehead atoms. The summed E-state index contributed by atoms with van der Waals surface area (Å²) in [5.74, 6) is 0.0762. The largest absolute Gasteiger partial charge is 0.453 e. The van der Waals surface area contributed by atoms with Crippen molar-refractivity contribution in [2.75, 3.05) is 0 Å². The van der Waals surface area contributed by atoms with E-state index in [1.54, 1.807) is 24.3 Å². The van der Waals surface area contributed by atoms with E-state index in [1.807, 2.05) is 13.0 Å². The monoisotopic (exact) mass is 288 g/mol. The molecule has 1 saturated carbocycles. The minimum absolute atomic E-state index is 0.391. The van der Waals surface area contributed by atoms with Crippen LogP contribution in [0, 0.1) is 11.8 Å². The average molecular weight is 288 g/mol. The summed E-state index contributed by atoms with van der Waals surface area (Å²) in [6, 6.07) is 8.59. The summed E-state index contributed by atoms with van der Waals surface area (Å²) >= 11 is 0. The Balaban J connectivity index is 1.95. The number of ketones is 1. The van der Waals surface area contributed by atoms with Crippen molar-refractivity contribution >= 4 is 11.8 Å². The Bertz CT molecular complexity index is 496. The maximum Gasteiger partial charge on any atom is 0.380 e. The molecular formula is C18H24O3. The van der Waals surface area contributed by atoms with Crippen molar-refractivity contribution in [2.24, 2.45) is 11.8 Å². The normalized spacial score (nSPS) is 25.6. The Hall–Kier alpha value is -1.64. The van der Waals surface area contributed by atoms with Crippen molar-refractivity contribution in [3.63, 3.8) is 0 Å². The molecule has 0 aromatic heterocycles. The number of ether oxygens (including phenoxy) is 1. The lowest BCUT2D eigenvalue weighted by Crippen LogP contribution is -2.39. The molecular weight excluding hydrogens is 264 g/mol. The molecule has 3 heteroatoms. The second kappa shape index (κ2) is 6.42. The zero-order valence-corrected chi connectivity index (χ0v) is 13.1. The molecule has 2 rings (SSSR count). The Morgan fingerprint density at radius 3 is 2.24 bits per heavy atom. The van der Waals surface area contributed by atoms with Gasteiger partial charge < -0.3 is 4.74 Å². The van der Waals surface area contributed by atoms with E-state index in [9.17, 15) is 9.59 Å². The topological polar surface area (TPSA) is 43.4 Å². The molecule has 0 N–H and O–H groups in total. The zero-order valence-electron chi connectivity index (χ0n) is 13.1. The van der Waals surface area contributed by atoms with Crippen molar-refractivity contribution < 1.29 is 14.3 Å². The fraction of sp³-hybridized carbons (Fsp3) is 0.556. The summed E-state index contributed by atoms with van der Waals surface area (Å²) in [5.41, 5.74) is -0.102. The lowest BCUT2D eigenvalue weighted by molar-refractivity contribution is -0.156. The van der Waals surface area contributed by atoms with Crippen molar-refractivity contribution in [3.05, 3.63) is 35.9 Å². The van der Waals surface area contributed by atoms with Crippen LogP contribution < -0.4 is 0 Å². The Morgan fingerprint density at radius 1 is 1.14 bits per heavy atom. The van der Waals surface area contributed by atoms with Crippen LogP contribution in [0.5, 0.6) is 0 Å². The number of hydrogen-bond donors (Lipinski definition) is 0. The number of benzene rings is 1. The molecule has 1 aromatic carbocycles. The molecule has 0 radical (unpaired) electrons. The summed E-state index contributed by atoms with van der Waals surface area (Å²) in [7, 11) is 0. The Morgan fingerprint density at radius 2 is 1.71 bits per heavy atom. The van der Waals surface area contributed by atoms with Gasteiger partial charge >= 0.3 is 5.97 Å².